The molecule has 4 nitrogen and oxygen atoms in total. The van der Waals surface area contributed by atoms with Crippen LogP contribution in [0.25, 0.3) is 0 Å². The van der Waals surface area contributed by atoms with Gasteiger partial charge in [0.2, 0.25) is 0 Å². The van der Waals surface area contributed by atoms with Crippen LogP contribution >= 0.6 is 0 Å². The van der Waals surface area contributed by atoms with Crippen LogP contribution in [0, 0.1) is 0 Å². The lowest BCUT2D eigenvalue weighted by molar-refractivity contribution is 0.197. The van der Waals surface area contributed by atoms with E-state index in [0.29, 0.717) is 0 Å². The lowest BCUT2D eigenvalue weighted by Gasteiger charge is -2.33. The molecule has 0 saturated carbocycles. The third-order valence-corrected chi connectivity index (χ3v) is 4.07. The standard InChI is InChI=1S/C17H30N4/c1-7-14-10-8-9-11-15(14)12-19-16(18-4)20-13-17(2,3)21(5)6/h8-11H,7,12-13H2,1-6H3,(H2,18,19,20). The Morgan fingerprint density at radius 3 is 2.29 bits per heavy atom. The molecule has 118 valence electrons. The van der Waals surface area contributed by atoms with Crippen molar-refractivity contribution in [3.05, 3.63) is 35.4 Å². The number of benzene rings is 1. The Balaban J connectivity index is 2.56. The summed E-state index contributed by atoms with van der Waals surface area (Å²) in [6, 6.07) is 8.53. The molecule has 4 heteroatoms. The molecule has 0 aliphatic carbocycles. The summed E-state index contributed by atoms with van der Waals surface area (Å²) in [6.45, 7) is 8.24. The molecule has 0 aliphatic rings. The summed E-state index contributed by atoms with van der Waals surface area (Å²) in [6.07, 6.45) is 1.05. The van der Waals surface area contributed by atoms with E-state index in [9.17, 15) is 0 Å². The van der Waals surface area contributed by atoms with Crippen LogP contribution in [0.1, 0.15) is 31.9 Å². The van der Waals surface area contributed by atoms with Gasteiger partial charge in [0.25, 0.3) is 0 Å². The summed E-state index contributed by atoms with van der Waals surface area (Å²) < 4.78 is 0. The smallest absolute Gasteiger partial charge is 0.191 e. The molecule has 0 radical (unpaired) electrons. The quantitative estimate of drug-likeness (QED) is 0.623. The van der Waals surface area contributed by atoms with Crippen LogP contribution in [-0.2, 0) is 13.0 Å². The average molecular weight is 290 g/mol. The van der Waals surface area contributed by atoms with Gasteiger partial charge < -0.3 is 15.5 Å². The Bertz CT molecular complexity index is 464. The first kappa shape index (κ1) is 17.5. The van der Waals surface area contributed by atoms with Crippen LogP contribution in [0.2, 0.25) is 0 Å². The fraction of sp³-hybridized carbons (Fsp3) is 0.588. The zero-order valence-corrected chi connectivity index (χ0v) is 14.3. The molecule has 0 amide bonds. The van der Waals surface area contributed by atoms with Gasteiger partial charge in [0.15, 0.2) is 5.96 Å². The van der Waals surface area contributed by atoms with Gasteiger partial charge in [0, 0.05) is 25.7 Å². The molecular weight excluding hydrogens is 260 g/mol. The lowest BCUT2D eigenvalue weighted by atomic mass is 10.0. The molecule has 1 rings (SSSR count). The van der Waals surface area contributed by atoms with Gasteiger partial charge in [-0.3, -0.25) is 4.99 Å². The lowest BCUT2D eigenvalue weighted by Crippen LogP contribution is -2.50. The van der Waals surface area contributed by atoms with Crippen molar-refractivity contribution in [1.29, 1.82) is 0 Å². The first-order valence-electron chi connectivity index (χ1n) is 7.59. The molecule has 2 N–H and O–H groups in total. The summed E-state index contributed by atoms with van der Waals surface area (Å²) in [4.78, 5) is 6.50. The minimum Gasteiger partial charge on any atom is -0.355 e. The second-order valence-electron chi connectivity index (χ2n) is 6.11. The van der Waals surface area contributed by atoms with E-state index in [0.717, 1.165) is 25.5 Å². The van der Waals surface area contributed by atoms with Crippen LogP contribution in [0.5, 0.6) is 0 Å². The highest BCUT2D eigenvalue weighted by Gasteiger charge is 2.20. The first-order valence-corrected chi connectivity index (χ1v) is 7.59. The Morgan fingerprint density at radius 2 is 1.76 bits per heavy atom. The zero-order valence-electron chi connectivity index (χ0n) is 14.3. The van der Waals surface area contributed by atoms with Crippen molar-refractivity contribution in [3.63, 3.8) is 0 Å². The molecular formula is C17H30N4. The third-order valence-electron chi connectivity index (χ3n) is 4.07. The number of likely N-dealkylation sites (N-methyl/N-ethyl adjacent to an activating group) is 1. The number of nitrogens with zero attached hydrogens (tertiary/aromatic N) is 2. The molecule has 1 aromatic rings. The van der Waals surface area contributed by atoms with Gasteiger partial charge in [0.1, 0.15) is 0 Å². The minimum atomic E-state index is 0.0823. The topological polar surface area (TPSA) is 39.7 Å². The maximum absolute atomic E-state index is 4.30. The van der Waals surface area contributed by atoms with Crippen LogP contribution < -0.4 is 10.6 Å². The SMILES string of the molecule is CCc1ccccc1CNC(=NC)NCC(C)(C)N(C)C. The summed E-state index contributed by atoms with van der Waals surface area (Å²) in [5, 5.41) is 6.79. The van der Waals surface area contributed by atoms with E-state index in [2.05, 4.69) is 79.7 Å². The van der Waals surface area contributed by atoms with E-state index in [1.54, 1.807) is 0 Å². The highest BCUT2D eigenvalue weighted by Crippen LogP contribution is 2.09. The van der Waals surface area contributed by atoms with E-state index in [1.807, 2.05) is 7.05 Å². The number of nitrogens with one attached hydrogen (secondary N) is 2. The third kappa shape index (κ3) is 5.38. The summed E-state index contributed by atoms with van der Waals surface area (Å²) in [5.74, 6) is 0.843. The number of hydrogen-bond acceptors (Lipinski definition) is 2. The highest BCUT2D eigenvalue weighted by atomic mass is 15.2. The summed E-state index contributed by atoms with van der Waals surface area (Å²) >= 11 is 0. The van der Waals surface area contributed by atoms with Gasteiger partial charge in [-0.2, -0.15) is 0 Å². The van der Waals surface area contributed by atoms with E-state index in [4.69, 9.17) is 0 Å². The van der Waals surface area contributed by atoms with Crippen molar-refractivity contribution < 1.29 is 0 Å². The molecule has 21 heavy (non-hydrogen) atoms. The molecule has 0 spiro atoms. The normalized spacial score (nSPS) is 12.6. The molecule has 0 fully saturated rings. The predicted molar refractivity (Wildman–Crippen MR) is 91.8 cm³/mol. The molecule has 0 heterocycles. The highest BCUT2D eigenvalue weighted by molar-refractivity contribution is 5.79. The Morgan fingerprint density at radius 1 is 1.14 bits per heavy atom. The monoisotopic (exact) mass is 290 g/mol. The van der Waals surface area contributed by atoms with Crippen molar-refractivity contribution in [2.45, 2.75) is 39.3 Å². The number of rotatable bonds is 6. The van der Waals surface area contributed by atoms with Crippen molar-refractivity contribution >= 4 is 5.96 Å². The molecule has 0 aliphatic heterocycles. The van der Waals surface area contributed by atoms with Crippen LogP contribution in [0.4, 0.5) is 0 Å². The molecule has 0 aromatic heterocycles. The van der Waals surface area contributed by atoms with Gasteiger partial charge in [-0.05, 0) is 45.5 Å². The molecule has 0 atom stereocenters. The molecule has 0 bridgehead atoms. The van der Waals surface area contributed by atoms with Crippen LogP contribution in [0.15, 0.2) is 29.3 Å². The van der Waals surface area contributed by atoms with E-state index >= 15 is 0 Å². The Kier molecular flexibility index (Phi) is 6.69. The number of aliphatic imine (C=N–C) groups is 1. The van der Waals surface area contributed by atoms with Gasteiger partial charge in [-0.15, -0.1) is 0 Å². The zero-order chi connectivity index (χ0) is 15.9. The van der Waals surface area contributed by atoms with Crippen molar-refractivity contribution in [2.24, 2.45) is 4.99 Å². The number of hydrogen-bond donors (Lipinski definition) is 2. The van der Waals surface area contributed by atoms with E-state index < -0.39 is 0 Å². The fourth-order valence-corrected chi connectivity index (χ4v) is 1.93. The fourth-order valence-electron chi connectivity index (χ4n) is 1.93. The maximum atomic E-state index is 4.30. The molecule has 1 aromatic carbocycles. The van der Waals surface area contributed by atoms with Crippen molar-refractivity contribution in [1.82, 2.24) is 15.5 Å². The second kappa shape index (κ2) is 8.03. The first-order chi connectivity index (χ1) is 9.90. The minimum absolute atomic E-state index is 0.0823. The number of guanidine groups is 1. The van der Waals surface area contributed by atoms with E-state index in [1.165, 1.54) is 11.1 Å². The number of aryl methyl sites for hydroxylation is 1. The predicted octanol–water partition coefficient (Wildman–Crippen LogP) is 2.25. The van der Waals surface area contributed by atoms with Gasteiger partial charge in [0.05, 0.1) is 0 Å². The van der Waals surface area contributed by atoms with Gasteiger partial charge >= 0.3 is 0 Å². The average Bonchev–Trinajstić information content (AvgIpc) is 2.47. The van der Waals surface area contributed by atoms with Gasteiger partial charge in [-0.25, -0.2) is 0 Å². The molecule has 0 saturated heterocycles. The molecule has 0 unspecified atom stereocenters. The van der Waals surface area contributed by atoms with Crippen LogP contribution in [0.3, 0.4) is 0 Å². The summed E-state index contributed by atoms with van der Waals surface area (Å²) in [7, 11) is 5.99. The van der Waals surface area contributed by atoms with Crippen molar-refractivity contribution in [2.75, 3.05) is 27.7 Å². The Labute approximate surface area is 129 Å². The van der Waals surface area contributed by atoms with Crippen LogP contribution in [-0.4, -0.2) is 44.1 Å². The Hall–Kier alpha value is -1.55. The second-order valence-corrected chi connectivity index (χ2v) is 6.11. The maximum Gasteiger partial charge on any atom is 0.191 e. The van der Waals surface area contributed by atoms with Crippen molar-refractivity contribution in [3.8, 4) is 0 Å². The largest absolute Gasteiger partial charge is 0.355 e. The van der Waals surface area contributed by atoms with E-state index in [-0.39, 0.29) is 5.54 Å². The van der Waals surface area contributed by atoms with Gasteiger partial charge in [-0.1, -0.05) is 31.2 Å². The summed E-state index contributed by atoms with van der Waals surface area (Å²) in [5.41, 5.74) is 2.79.